The number of benzene rings is 1. The molecule has 0 saturated heterocycles. The molecule has 24 heavy (non-hydrogen) atoms. The minimum absolute atomic E-state index is 0.279. The Morgan fingerprint density at radius 2 is 1.83 bits per heavy atom. The fraction of sp³-hybridized carbons (Fsp3) is 0.188. The number of carbonyl (C=O) groups excluding carboxylic acids is 1. The van der Waals surface area contributed by atoms with E-state index in [1.54, 1.807) is 29.9 Å². The molecular formula is C16H15Cl2N5O. The largest absolute Gasteiger partial charge is 0.396 e. The quantitative estimate of drug-likeness (QED) is 0.679. The van der Waals surface area contributed by atoms with Crippen LogP contribution in [0.15, 0.2) is 18.2 Å². The van der Waals surface area contributed by atoms with Crippen molar-refractivity contribution >= 4 is 51.5 Å². The normalized spacial score (nSPS) is 11.0. The Kier molecular flexibility index (Phi) is 4.11. The van der Waals surface area contributed by atoms with Crippen molar-refractivity contribution in [3.63, 3.8) is 0 Å². The predicted molar refractivity (Wildman–Crippen MR) is 96.8 cm³/mol. The molecule has 6 nitrogen and oxygen atoms in total. The van der Waals surface area contributed by atoms with Gasteiger partial charge < -0.3 is 11.1 Å². The van der Waals surface area contributed by atoms with Crippen LogP contribution in [0, 0.1) is 13.8 Å². The standard InChI is InChI=1S/C16H15Cl2N5O/c1-7-4-10(13-8(2)22-23(3)15(13)20-7)16(24)21-9-5-11(17)14(19)12(18)6-9/h4-6H,19H2,1-3H3,(H,21,24). The molecule has 0 aliphatic rings. The molecule has 1 amide bonds. The van der Waals surface area contributed by atoms with Gasteiger partial charge in [0.2, 0.25) is 0 Å². The van der Waals surface area contributed by atoms with Crippen LogP contribution in [0.4, 0.5) is 11.4 Å². The zero-order chi connectivity index (χ0) is 17.6. The van der Waals surface area contributed by atoms with Gasteiger partial charge in [0.15, 0.2) is 5.65 Å². The summed E-state index contributed by atoms with van der Waals surface area (Å²) in [6.07, 6.45) is 0. The molecule has 1 aromatic carbocycles. The third-order valence-electron chi connectivity index (χ3n) is 3.68. The first-order chi connectivity index (χ1) is 11.3. The molecule has 0 atom stereocenters. The number of amides is 1. The highest BCUT2D eigenvalue weighted by molar-refractivity contribution is 6.39. The van der Waals surface area contributed by atoms with E-state index in [2.05, 4.69) is 15.4 Å². The van der Waals surface area contributed by atoms with Crippen LogP contribution >= 0.6 is 23.2 Å². The lowest BCUT2D eigenvalue weighted by Gasteiger charge is -2.10. The summed E-state index contributed by atoms with van der Waals surface area (Å²) in [6, 6.07) is 4.84. The Balaban J connectivity index is 2.06. The van der Waals surface area contributed by atoms with Crippen molar-refractivity contribution in [2.45, 2.75) is 13.8 Å². The van der Waals surface area contributed by atoms with Crippen LogP contribution in [0.3, 0.4) is 0 Å². The van der Waals surface area contributed by atoms with E-state index in [4.69, 9.17) is 28.9 Å². The fourth-order valence-electron chi connectivity index (χ4n) is 2.60. The van der Waals surface area contributed by atoms with E-state index in [0.29, 0.717) is 22.3 Å². The molecule has 0 radical (unpaired) electrons. The molecule has 124 valence electrons. The Labute approximate surface area is 148 Å². The average molecular weight is 364 g/mol. The second-order valence-corrected chi connectivity index (χ2v) is 6.34. The van der Waals surface area contributed by atoms with Gasteiger partial charge in [-0.3, -0.25) is 9.48 Å². The number of hydrogen-bond donors (Lipinski definition) is 2. The second kappa shape index (κ2) is 5.96. The molecule has 0 fully saturated rings. The lowest BCUT2D eigenvalue weighted by Crippen LogP contribution is -2.13. The fourth-order valence-corrected chi connectivity index (χ4v) is 3.09. The third-order valence-corrected chi connectivity index (χ3v) is 4.30. The molecule has 8 heteroatoms. The van der Waals surface area contributed by atoms with Crippen LogP contribution < -0.4 is 11.1 Å². The topological polar surface area (TPSA) is 85.8 Å². The van der Waals surface area contributed by atoms with Crippen LogP contribution in [0.5, 0.6) is 0 Å². The number of aromatic nitrogens is 3. The maximum Gasteiger partial charge on any atom is 0.256 e. The van der Waals surface area contributed by atoms with Crippen LogP contribution in [0.25, 0.3) is 11.0 Å². The molecule has 0 spiro atoms. The van der Waals surface area contributed by atoms with E-state index in [0.717, 1.165) is 11.4 Å². The Bertz CT molecular complexity index is 957. The lowest BCUT2D eigenvalue weighted by molar-refractivity contribution is 0.102. The van der Waals surface area contributed by atoms with Gasteiger partial charge >= 0.3 is 0 Å². The number of carbonyl (C=O) groups is 1. The molecule has 2 aromatic heterocycles. The number of nitrogens with two attached hydrogens (primary N) is 1. The number of anilines is 2. The van der Waals surface area contributed by atoms with Crippen molar-refractivity contribution in [2.24, 2.45) is 7.05 Å². The van der Waals surface area contributed by atoms with E-state index in [1.807, 2.05) is 13.8 Å². The minimum Gasteiger partial charge on any atom is -0.396 e. The third kappa shape index (κ3) is 2.79. The highest BCUT2D eigenvalue weighted by Crippen LogP contribution is 2.31. The first-order valence-electron chi connectivity index (χ1n) is 7.14. The maximum atomic E-state index is 12.8. The summed E-state index contributed by atoms with van der Waals surface area (Å²) in [7, 11) is 1.79. The Hall–Kier alpha value is -2.31. The molecular weight excluding hydrogens is 349 g/mol. The molecule has 2 heterocycles. The molecule has 0 aliphatic heterocycles. The summed E-state index contributed by atoms with van der Waals surface area (Å²) in [4.78, 5) is 17.2. The van der Waals surface area contributed by atoms with Crippen molar-refractivity contribution in [3.8, 4) is 0 Å². The summed E-state index contributed by atoms with van der Waals surface area (Å²) in [6.45, 7) is 3.67. The number of fused-ring (bicyclic) bond motifs is 1. The number of nitrogens with zero attached hydrogens (tertiary/aromatic N) is 3. The van der Waals surface area contributed by atoms with Gasteiger partial charge in [-0.25, -0.2) is 4.98 Å². The van der Waals surface area contributed by atoms with Crippen molar-refractivity contribution in [1.82, 2.24) is 14.8 Å². The molecule has 3 aromatic rings. The summed E-state index contributed by atoms with van der Waals surface area (Å²) in [5.41, 5.74) is 9.07. The van der Waals surface area contributed by atoms with Crippen LogP contribution in [0.1, 0.15) is 21.7 Å². The van der Waals surface area contributed by atoms with Crippen LogP contribution in [0.2, 0.25) is 10.0 Å². The molecule has 0 bridgehead atoms. The summed E-state index contributed by atoms with van der Waals surface area (Å²) in [5.74, 6) is -0.293. The van der Waals surface area contributed by atoms with Gasteiger partial charge in [-0.1, -0.05) is 23.2 Å². The summed E-state index contributed by atoms with van der Waals surface area (Å²) < 4.78 is 1.66. The van der Waals surface area contributed by atoms with Gasteiger partial charge in [-0.05, 0) is 32.0 Å². The molecule has 3 N–H and O–H groups in total. The van der Waals surface area contributed by atoms with Gasteiger partial charge in [0.25, 0.3) is 5.91 Å². The van der Waals surface area contributed by atoms with E-state index in [-0.39, 0.29) is 21.6 Å². The maximum absolute atomic E-state index is 12.8. The highest BCUT2D eigenvalue weighted by Gasteiger charge is 2.18. The summed E-state index contributed by atoms with van der Waals surface area (Å²) in [5, 5.41) is 8.41. The smallest absolute Gasteiger partial charge is 0.256 e. The number of nitrogens with one attached hydrogen (secondary N) is 1. The number of aryl methyl sites for hydroxylation is 3. The van der Waals surface area contributed by atoms with Crippen LogP contribution in [-0.4, -0.2) is 20.7 Å². The SMILES string of the molecule is Cc1cc(C(=O)Nc2cc(Cl)c(N)c(Cl)c2)c2c(C)nn(C)c2n1. The Morgan fingerprint density at radius 1 is 1.21 bits per heavy atom. The predicted octanol–water partition coefficient (Wildman–Crippen LogP) is 3.73. The number of hydrogen-bond acceptors (Lipinski definition) is 4. The minimum atomic E-state index is -0.293. The van der Waals surface area contributed by atoms with E-state index >= 15 is 0 Å². The van der Waals surface area contributed by atoms with Gasteiger partial charge in [0.05, 0.1) is 32.4 Å². The van der Waals surface area contributed by atoms with Crippen molar-refractivity contribution in [1.29, 1.82) is 0 Å². The number of pyridine rings is 1. The first-order valence-corrected chi connectivity index (χ1v) is 7.90. The van der Waals surface area contributed by atoms with Gasteiger partial charge in [0.1, 0.15) is 0 Å². The zero-order valence-electron chi connectivity index (χ0n) is 13.3. The molecule has 0 saturated carbocycles. The van der Waals surface area contributed by atoms with Gasteiger partial charge in [-0.2, -0.15) is 5.10 Å². The zero-order valence-corrected chi connectivity index (χ0v) is 14.8. The number of rotatable bonds is 2. The number of nitrogen functional groups attached to an aromatic ring is 1. The molecule has 3 rings (SSSR count). The number of halogens is 2. The first kappa shape index (κ1) is 16.5. The van der Waals surface area contributed by atoms with Crippen molar-refractivity contribution < 1.29 is 4.79 Å². The lowest BCUT2D eigenvalue weighted by atomic mass is 10.1. The Morgan fingerprint density at radius 3 is 2.46 bits per heavy atom. The van der Waals surface area contributed by atoms with Crippen molar-refractivity contribution in [2.75, 3.05) is 11.1 Å². The van der Waals surface area contributed by atoms with E-state index < -0.39 is 0 Å². The highest BCUT2D eigenvalue weighted by atomic mass is 35.5. The molecule has 0 unspecified atom stereocenters. The average Bonchev–Trinajstić information content (AvgIpc) is 2.78. The monoisotopic (exact) mass is 363 g/mol. The van der Waals surface area contributed by atoms with Crippen molar-refractivity contribution in [3.05, 3.63) is 45.2 Å². The second-order valence-electron chi connectivity index (χ2n) is 5.53. The summed E-state index contributed by atoms with van der Waals surface area (Å²) >= 11 is 12.0. The van der Waals surface area contributed by atoms with Crippen LogP contribution in [-0.2, 0) is 7.05 Å². The van der Waals surface area contributed by atoms with Gasteiger partial charge in [-0.15, -0.1) is 0 Å². The van der Waals surface area contributed by atoms with E-state index in [9.17, 15) is 4.79 Å². The van der Waals surface area contributed by atoms with E-state index in [1.165, 1.54) is 0 Å². The molecule has 0 aliphatic carbocycles. The van der Waals surface area contributed by atoms with Gasteiger partial charge in [0, 0.05) is 18.4 Å².